The van der Waals surface area contributed by atoms with Crippen molar-refractivity contribution in [2.45, 2.75) is 12.6 Å². The lowest BCUT2D eigenvalue weighted by Gasteiger charge is -2.28. The van der Waals surface area contributed by atoms with Crippen molar-refractivity contribution in [2.24, 2.45) is 0 Å². The van der Waals surface area contributed by atoms with Gasteiger partial charge in [0.1, 0.15) is 0 Å². The Bertz CT molecular complexity index is 580. The van der Waals surface area contributed by atoms with E-state index in [9.17, 15) is 0 Å². The zero-order valence-electron chi connectivity index (χ0n) is 10.2. The molecule has 98 valence electrons. The van der Waals surface area contributed by atoms with Crippen LogP contribution in [-0.4, -0.2) is 6.61 Å². The molecule has 1 heterocycles. The number of rotatable bonds is 2. The number of benzene rings is 2. The summed E-state index contributed by atoms with van der Waals surface area (Å²) in [5.41, 5.74) is 3.64. The number of hydrogen-bond donors (Lipinski definition) is 1. The quantitative estimate of drug-likeness (QED) is 0.797. The van der Waals surface area contributed by atoms with E-state index in [0.29, 0.717) is 13.2 Å². The van der Waals surface area contributed by atoms with Gasteiger partial charge >= 0.3 is 0 Å². The summed E-state index contributed by atoms with van der Waals surface area (Å²) in [7, 11) is 0. The summed E-state index contributed by atoms with van der Waals surface area (Å²) in [6.45, 7) is 1.39. The summed E-state index contributed by atoms with van der Waals surface area (Å²) in [6, 6.07) is 14.7. The molecule has 2 nitrogen and oxygen atoms in total. The second-order valence-electron chi connectivity index (χ2n) is 4.51. The molecule has 1 unspecified atom stereocenters. The Hall–Kier alpha value is -0.840. The minimum Gasteiger partial charge on any atom is -0.374 e. The Morgan fingerprint density at radius 2 is 1.74 bits per heavy atom. The molecular weight excluding hydrogens is 370 g/mol. The minimum absolute atomic E-state index is 0.181. The molecule has 0 aliphatic carbocycles. The lowest BCUT2D eigenvalue weighted by atomic mass is 9.99. The van der Waals surface area contributed by atoms with Gasteiger partial charge in [0.25, 0.3) is 0 Å². The van der Waals surface area contributed by atoms with Gasteiger partial charge in [-0.2, -0.15) is 0 Å². The monoisotopic (exact) mass is 381 g/mol. The predicted molar refractivity (Wildman–Crippen MR) is 84.3 cm³/mol. The fourth-order valence-electron chi connectivity index (χ4n) is 2.31. The number of halogens is 2. The van der Waals surface area contributed by atoms with Crippen LogP contribution in [0.3, 0.4) is 0 Å². The van der Waals surface area contributed by atoms with E-state index in [1.54, 1.807) is 0 Å². The Morgan fingerprint density at radius 3 is 2.53 bits per heavy atom. The molecule has 3 rings (SSSR count). The minimum atomic E-state index is 0.181. The lowest BCUT2D eigenvalue weighted by molar-refractivity contribution is 0.0970. The molecular formula is C15H13Br2NO. The predicted octanol–water partition coefficient (Wildman–Crippen LogP) is 4.90. The Labute approximate surface area is 129 Å². The van der Waals surface area contributed by atoms with E-state index in [0.717, 1.165) is 14.6 Å². The Morgan fingerprint density at radius 1 is 1.00 bits per heavy atom. The zero-order valence-corrected chi connectivity index (χ0v) is 13.4. The molecule has 1 N–H and O–H groups in total. The molecule has 0 bridgehead atoms. The topological polar surface area (TPSA) is 21.3 Å². The summed E-state index contributed by atoms with van der Waals surface area (Å²) in [5.74, 6) is 0. The van der Waals surface area contributed by atoms with Crippen molar-refractivity contribution in [3.05, 3.63) is 62.5 Å². The van der Waals surface area contributed by atoms with Crippen LogP contribution in [0.1, 0.15) is 17.2 Å². The van der Waals surface area contributed by atoms with Gasteiger partial charge in [-0.3, -0.25) is 0 Å². The summed E-state index contributed by atoms with van der Waals surface area (Å²) < 4.78 is 7.76. The first-order chi connectivity index (χ1) is 9.25. The van der Waals surface area contributed by atoms with Gasteiger partial charge in [0.05, 0.1) is 24.9 Å². The van der Waals surface area contributed by atoms with Crippen LogP contribution in [0, 0.1) is 0 Å². The number of anilines is 1. The van der Waals surface area contributed by atoms with Crippen molar-refractivity contribution in [1.82, 2.24) is 0 Å². The summed E-state index contributed by atoms with van der Waals surface area (Å²) in [6.07, 6.45) is 0. The summed E-state index contributed by atoms with van der Waals surface area (Å²) >= 11 is 7.16. The van der Waals surface area contributed by atoms with Gasteiger partial charge in [0.2, 0.25) is 0 Å². The van der Waals surface area contributed by atoms with Gasteiger partial charge in [-0.1, -0.05) is 30.3 Å². The van der Waals surface area contributed by atoms with Crippen LogP contribution in [-0.2, 0) is 11.3 Å². The average Bonchev–Trinajstić information content (AvgIpc) is 2.43. The average molecular weight is 383 g/mol. The molecule has 0 amide bonds. The van der Waals surface area contributed by atoms with Crippen LogP contribution in [0.5, 0.6) is 0 Å². The Balaban J connectivity index is 1.93. The zero-order chi connectivity index (χ0) is 13.2. The van der Waals surface area contributed by atoms with Gasteiger partial charge in [0, 0.05) is 8.95 Å². The van der Waals surface area contributed by atoms with Crippen molar-refractivity contribution in [3.63, 3.8) is 0 Å². The molecule has 1 aliphatic heterocycles. The molecule has 1 atom stereocenters. The third-order valence-corrected chi connectivity index (χ3v) is 4.58. The highest BCUT2D eigenvalue weighted by Crippen LogP contribution is 2.35. The highest BCUT2D eigenvalue weighted by molar-refractivity contribution is 9.11. The summed E-state index contributed by atoms with van der Waals surface area (Å²) in [5, 5.41) is 3.55. The van der Waals surface area contributed by atoms with Gasteiger partial charge in [0.15, 0.2) is 0 Å². The molecule has 19 heavy (non-hydrogen) atoms. The van der Waals surface area contributed by atoms with Crippen LogP contribution < -0.4 is 5.32 Å². The van der Waals surface area contributed by atoms with Crippen molar-refractivity contribution in [3.8, 4) is 0 Å². The fourth-order valence-corrected chi connectivity index (χ4v) is 3.54. The van der Waals surface area contributed by atoms with Crippen LogP contribution in [0.4, 0.5) is 5.69 Å². The molecule has 0 spiro atoms. The second-order valence-corrected chi connectivity index (χ2v) is 6.22. The largest absolute Gasteiger partial charge is 0.374 e. The third kappa shape index (κ3) is 2.71. The molecule has 1 aliphatic rings. The molecule has 2 aromatic rings. The number of ether oxygens (including phenoxy) is 1. The second kappa shape index (κ2) is 5.65. The maximum absolute atomic E-state index is 5.67. The van der Waals surface area contributed by atoms with Crippen LogP contribution in [0.2, 0.25) is 0 Å². The van der Waals surface area contributed by atoms with Gasteiger partial charge in [-0.05, 0) is 55.1 Å². The molecule has 4 heteroatoms. The van der Waals surface area contributed by atoms with E-state index in [1.807, 2.05) is 18.2 Å². The van der Waals surface area contributed by atoms with E-state index >= 15 is 0 Å². The SMILES string of the molecule is Brc1cccc(Br)c1NC1COCc2ccccc21. The first-order valence-electron chi connectivity index (χ1n) is 6.12. The van der Waals surface area contributed by atoms with E-state index < -0.39 is 0 Å². The van der Waals surface area contributed by atoms with E-state index in [2.05, 4.69) is 61.4 Å². The maximum Gasteiger partial charge on any atom is 0.0752 e. The number of para-hydroxylation sites is 1. The Kier molecular flexibility index (Phi) is 3.91. The normalized spacial score (nSPS) is 17.9. The maximum atomic E-state index is 5.67. The van der Waals surface area contributed by atoms with E-state index in [-0.39, 0.29) is 6.04 Å². The van der Waals surface area contributed by atoms with Gasteiger partial charge < -0.3 is 10.1 Å². The lowest BCUT2D eigenvalue weighted by Crippen LogP contribution is -2.23. The van der Waals surface area contributed by atoms with Crippen molar-refractivity contribution in [2.75, 3.05) is 11.9 Å². The highest BCUT2D eigenvalue weighted by Gasteiger charge is 2.21. The number of nitrogens with one attached hydrogen (secondary N) is 1. The van der Waals surface area contributed by atoms with Crippen LogP contribution in [0.25, 0.3) is 0 Å². The van der Waals surface area contributed by atoms with Crippen molar-refractivity contribution >= 4 is 37.5 Å². The van der Waals surface area contributed by atoms with E-state index in [4.69, 9.17) is 4.74 Å². The molecule has 0 fully saturated rings. The molecule has 0 saturated heterocycles. The van der Waals surface area contributed by atoms with E-state index in [1.165, 1.54) is 11.1 Å². The first-order valence-corrected chi connectivity index (χ1v) is 7.70. The van der Waals surface area contributed by atoms with Crippen molar-refractivity contribution in [1.29, 1.82) is 0 Å². The highest BCUT2D eigenvalue weighted by atomic mass is 79.9. The van der Waals surface area contributed by atoms with Crippen molar-refractivity contribution < 1.29 is 4.74 Å². The smallest absolute Gasteiger partial charge is 0.0752 e. The van der Waals surface area contributed by atoms with Gasteiger partial charge in [-0.15, -0.1) is 0 Å². The molecule has 0 aromatic heterocycles. The number of hydrogen-bond acceptors (Lipinski definition) is 2. The molecule has 0 saturated carbocycles. The van der Waals surface area contributed by atoms with Crippen LogP contribution >= 0.6 is 31.9 Å². The molecule has 2 aromatic carbocycles. The fraction of sp³-hybridized carbons (Fsp3) is 0.200. The van der Waals surface area contributed by atoms with Crippen LogP contribution in [0.15, 0.2) is 51.4 Å². The summed E-state index contributed by atoms with van der Waals surface area (Å²) in [4.78, 5) is 0. The van der Waals surface area contributed by atoms with Gasteiger partial charge in [-0.25, -0.2) is 0 Å². The first kappa shape index (κ1) is 13.2. The molecule has 0 radical (unpaired) electrons. The standard InChI is InChI=1S/C15H13Br2NO/c16-12-6-3-7-13(17)15(12)18-14-9-19-8-10-4-1-2-5-11(10)14/h1-7,14,18H,8-9H2. The number of fused-ring (bicyclic) bond motifs is 1. The third-order valence-electron chi connectivity index (χ3n) is 3.25.